The summed E-state index contributed by atoms with van der Waals surface area (Å²) in [5, 5.41) is 13.4. The summed E-state index contributed by atoms with van der Waals surface area (Å²) >= 11 is 0. The van der Waals surface area contributed by atoms with Crippen molar-refractivity contribution in [3.63, 3.8) is 0 Å². The molecule has 10 heteroatoms. The minimum Gasteiger partial charge on any atom is -0.478 e. The van der Waals surface area contributed by atoms with E-state index in [0.29, 0.717) is 12.1 Å². The zero-order valence-electron chi connectivity index (χ0n) is 18.1. The third-order valence-corrected chi connectivity index (χ3v) is 5.53. The van der Waals surface area contributed by atoms with Gasteiger partial charge >= 0.3 is 18.2 Å². The van der Waals surface area contributed by atoms with Gasteiger partial charge in [0.2, 0.25) is 5.91 Å². The number of amides is 2. The van der Waals surface area contributed by atoms with Crippen LogP contribution in [0, 0.1) is 0 Å². The number of fused-ring (bicyclic) bond motifs is 3. The number of halogens is 3. The summed E-state index contributed by atoms with van der Waals surface area (Å²) in [6, 6.07) is 17.5. The second-order valence-electron chi connectivity index (χ2n) is 7.83. The Kier molecular flexibility index (Phi) is 6.46. The van der Waals surface area contributed by atoms with E-state index in [1.807, 2.05) is 48.5 Å². The number of rotatable bonds is 6. The van der Waals surface area contributed by atoms with Gasteiger partial charge in [-0.1, -0.05) is 48.5 Å². The Bertz CT molecular complexity index is 1260. The highest BCUT2D eigenvalue weighted by molar-refractivity contribution is 5.96. The van der Waals surface area contributed by atoms with Gasteiger partial charge in [-0.2, -0.15) is 13.2 Å². The highest BCUT2D eigenvalue weighted by atomic mass is 19.4. The minimum atomic E-state index is -4.80. The predicted octanol–water partition coefficient (Wildman–Crippen LogP) is 4.88. The van der Waals surface area contributed by atoms with Gasteiger partial charge in [-0.05, 0) is 40.5 Å². The fourth-order valence-corrected chi connectivity index (χ4v) is 3.99. The van der Waals surface area contributed by atoms with Crippen molar-refractivity contribution in [3.05, 3.63) is 89.0 Å². The number of benzene rings is 3. The Morgan fingerprint density at radius 3 is 2.09 bits per heavy atom. The van der Waals surface area contributed by atoms with Gasteiger partial charge in [-0.25, -0.2) is 9.59 Å². The quantitative estimate of drug-likeness (QED) is 0.463. The Balaban J connectivity index is 1.35. The first-order valence-corrected chi connectivity index (χ1v) is 10.5. The van der Waals surface area contributed by atoms with Crippen molar-refractivity contribution in [3.8, 4) is 11.1 Å². The summed E-state index contributed by atoms with van der Waals surface area (Å²) in [6.45, 7) is -0.563. The zero-order valence-corrected chi connectivity index (χ0v) is 18.1. The van der Waals surface area contributed by atoms with Crippen LogP contribution < -0.4 is 10.6 Å². The van der Waals surface area contributed by atoms with Gasteiger partial charge in [0.25, 0.3) is 0 Å². The number of carboxylic acids is 1. The molecular weight excluding hydrogens is 465 g/mol. The molecule has 3 aromatic carbocycles. The number of alkyl halides is 3. The summed E-state index contributed by atoms with van der Waals surface area (Å²) in [7, 11) is 0. The van der Waals surface area contributed by atoms with Crippen molar-refractivity contribution in [2.45, 2.75) is 12.1 Å². The summed E-state index contributed by atoms with van der Waals surface area (Å²) in [4.78, 5) is 35.4. The molecule has 0 aromatic heterocycles. The molecule has 0 atom stereocenters. The summed E-state index contributed by atoms with van der Waals surface area (Å²) < 4.78 is 44.4. The number of hydrogen-bond donors (Lipinski definition) is 3. The van der Waals surface area contributed by atoms with Gasteiger partial charge in [0.15, 0.2) is 0 Å². The van der Waals surface area contributed by atoms with E-state index in [0.717, 1.165) is 28.3 Å². The molecule has 2 amide bonds. The van der Waals surface area contributed by atoms with E-state index in [1.165, 1.54) is 0 Å². The Hall–Kier alpha value is -4.34. The van der Waals surface area contributed by atoms with Crippen LogP contribution in [0.25, 0.3) is 11.1 Å². The third kappa shape index (κ3) is 5.26. The molecule has 0 fully saturated rings. The second-order valence-corrected chi connectivity index (χ2v) is 7.83. The van der Waals surface area contributed by atoms with Crippen LogP contribution in [-0.2, 0) is 15.7 Å². The van der Waals surface area contributed by atoms with Crippen LogP contribution in [0.3, 0.4) is 0 Å². The van der Waals surface area contributed by atoms with Gasteiger partial charge in [-0.15, -0.1) is 0 Å². The molecule has 1 aliphatic rings. The molecule has 180 valence electrons. The van der Waals surface area contributed by atoms with Crippen molar-refractivity contribution >= 4 is 23.7 Å². The molecule has 4 rings (SSSR count). The summed E-state index contributed by atoms with van der Waals surface area (Å²) in [5.74, 6) is -2.61. The topological polar surface area (TPSA) is 105 Å². The number of aromatic carboxylic acids is 1. The lowest BCUT2D eigenvalue weighted by Gasteiger charge is -2.15. The highest BCUT2D eigenvalue weighted by Crippen LogP contribution is 2.44. The molecule has 7 nitrogen and oxygen atoms in total. The lowest BCUT2D eigenvalue weighted by molar-refractivity contribution is -0.137. The van der Waals surface area contributed by atoms with E-state index in [1.54, 1.807) is 0 Å². The van der Waals surface area contributed by atoms with E-state index in [2.05, 4.69) is 10.6 Å². The molecule has 3 N–H and O–H groups in total. The summed E-state index contributed by atoms with van der Waals surface area (Å²) in [6.07, 6.45) is -5.68. The van der Waals surface area contributed by atoms with Crippen molar-refractivity contribution in [1.29, 1.82) is 0 Å². The molecular formula is C25H19F3N2O5. The van der Waals surface area contributed by atoms with Gasteiger partial charge in [0.05, 0.1) is 11.1 Å². The van der Waals surface area contributed by atoms with Crippen molar-refractivity contribution < 1.29 is 37.4 Å². The SMILES string of the molecule is O=C(CNC(=O)OCC1c2ccccc2-c2ccccc21)Nc1cc(C(=O)O)cc(C(F)(F)F)c1. The number of hydrogen-bond acceptors (Lipinski definition) is 4. The van der Waals surface area contributed by atoms with Crippen LogP contribution in [0.5, 0.6) is 0 Å². The van der Waals surface area contributed by atoms with Crippen LogP contribution in [0.2, 0.25) is 0 Å². The van der Waals surface area contributed by atoms with Crippen LogP contribution in [0.4, 0.5) is 23.7 Å². The normalized spacial score (nSPS) is 12.4. The number of alkyl carbamates (subject to hydrolysis) is 1. The monoisotopic (exact) mass is 484 g/mol. The molecule has 0 spiro atoms. The maximum Gasteiger partial charge on any atom is 0.416 e. The van der Waals surface area contributed by atoms with Crippen molar-refractivity contribution in [2.75, 3.05) is 18.5 Å². The zero-order chi connectivity index (χ0) is 25.2. The molecule has 35 heavy (non-hydrogen) atoms. The maximum atomic E-state index is 13.0. The van der Waals surface area contributed by atoms with E-state index in [-0.39, 0.29) is 18.2 Å². The van der Waals surface area contributed by atoms with Crippen LogP contribution >= 0.6 is 0 Å². The number of carbonyl (C=O) groups is 3. The van der Waals surface area contributed by atoms with Crippen molar-refractivity contribution in [1.82, 2.24) is 5.32 Å². The Morgan fingerprint density at radius 1 is 0.914 bits per heavy atom. The average Bonchev–Trinajstić information content (AvgIpc) is 3.14. The Morgan fingerprint density at radius 2 is 1.51 bits per heavy atom. The number of anilines is 1. The number of carbonyl (C=O) groups excluding carboxylic acids is 2. The molecule has 0 radical (unpaired) electrons. The molecule has 1 aliphatic carbocycles. The van der Waals surface area contributed by atoms with E-state index in [9.17, 15) is 27.6 Å². The fraction of sp³-hybridized carbons (Fsp3) is 0.160. The molecule has 0 heterocycles. The first-order valence-electron chi connectivity index (χ1n) is 10.5. The first-order chi connectivity index (χ1) is 16.6. The smallest absolute Gasteiger partial charge is 0.416 e. The molecule has 0 saturated carbocycles. The minimum absolute atomic E-state index is 0.0249. The lowest BCUT2D eigenvalue weighted by Crippen LogP contribution is -2.34. The maximum absolute atomic E-state index is 13.0. The highest BCUT2D eigenvalue weighted by Gasteiger charge is 2.32. The fourth-order valence-electron chi connectivity index (χ4n) is 3.99. The predicted molar refractivity (Wildman–Crippen MR) is 120 cm³/mol. The standard InChI is InChI=1S/C25H19F3N2O5/c26-25(27,28)15-9-14(23(32)33)10-16(11-15)30-22(31)12-29-24(34)35-13-21-19-7-3-1-5-17(19)18-6-2-4-8-20(18)21/h1-11,21H,12-13H2,(H,29,34)(H,30,31)(H,32,33). The lowest BCUT2D eigenvalue weighted by atomic mass is 9.98. The van der Waals surface area contributed by atoms with Crippen LogP contribution in [-0.4, -0.2) is 36.2 Å². The van der Waals surface area contributed by atoms with Crippen LogP contribution in [0.15, 0.2) is 66.7 Å². The number of carboxylic acid groups (broad SMARTS) is 1. The second kappa shape index (κ2) is 9.49. The first kappa shape index (κ1) is 23.8. The number of ether oxygens (including phenoxy) is 1. The van der Waals surface area contributed by atoms with Gasteiger partial charge in [0, 0.05) is 11.6 Å². The average molecular weight is 484 g/mol. The molecule has 3 aromatic rings. The molecule has 0 bridgehead atoms. The molecule has 0 aliphatic heterocycles. The Labute approximate surface area is 197 Å². The summed E-state index contributed by atoms with van der Waals surface area (Å²) in [5.41, 5.74) is 1.90. The van der Waals surface area contributed by atoms with Gasteiger partial charge in [-0.3, -0.25) is 4.79 Å². The van der Waals surface area contributed by atoms with Gasteiger partial charge in [0.1, 0.15) is 13.2 Å². The van der Waals surface area contributed by atoms with E-state index >= 15 is 0 Å². The van der Waals surface area contributed by atoms with Gasteiger partial charge < -0.3 is 20.5 Å². The van der Waals surface area contributed by atoms with Crippen molar-refractivity contribution in [2.24, 2.45) is 0 Å². The molecule has 0 unspecified atom stereocenters. The molecule has 0 saturated heterocycles. The van der Waals surface area contributed by atoms with E-state index < -0.39 is 41.8 Å². The van der Waals surface area contributed by atoms with E-state index in [4.69, 9.17) is 9.84 Å². The largest absolute Gasteiger partial charge is 0.478 e. The van der Waals surface area contributed by atoms with Crippen LogP contribution in [0.1, 0.15) is 33.0 Å². The number of nitrogens with one attached hydrogen (secondary N) is 2. The third-order valence-electron chi connectivity index (χ3n) is 5.53.